The molecule has 0 radical (unpaired) electrons. The van der Waals surface area contributed by atoms with Gasteiger partial charge in [-0.15, -0.1) is 0 Å². The SMILES string of the molecule is CCCCC[C@H]1OC(C)(C)O[C@@H]1/C=C/C(=O)OCC. The number of hydrogen-bond acceptors (Lipinski definition) is 4. The van der Waals surface area contributed by atoms with Crippen LogP contribution in [-0.2, 0) is 19.0 Å². The van der Waals surface area contributed by atoms with Crippen LogP contribution in [0.15, 0.2) is 12.2 Å². The highest BCUT2D eigenvalue weighted by Crippen LogP contribution is 2.31. The van der Waals surface area contributed by atoms with Crippen LogP contribution in [0.1, 0.15) is 53.4 Å². The van der Waals surface area contributed by atoms with Crippen molar-refractivity contribution in [3.8, 4) is 0 Å². The fourth-order valence-corrected chi connectivity index (χ4v) is 2.21. The lowest BCUT2D eigenvalue weighted by molar-refractivity contribution is -0.144. The quantitative estimate of drug-likeness (QED) is 0.405. The summed E-state index contributed by atoms with van der Waals surface area (Å²) >= 11 is 0. The molecule has 1 aliphatic rings. The Hall–Kier alpha value is -0.870. The molecule has 4 heteroatoms. The minimum Gasteiger partial charge on any atom is -0.463 e. The van der Waals surface area contributed by atoms with Gasteiger partial charge < -0.3 is 14.2 Å². The number of ether oxygens (including phenoxy) is 3. The van der Waals surface area contributed by atoms with E-state index >= 15 is 0 Å². The molecule has 110 valence electrons. The average molecular weight is 270 g/mol. The fourth-order valence-electron chi connectivity index (χ4n) is 2.21. The Labute approximate surface area is 116 Å². The zero-order valence-corrected chi connectivity index (χ0v) is 12.5. The van der Waals surface area contributed by atoms with E-state index in [2.05, 4.69) is 6.92 Å². The van der Waals surface area contributed by atoms with Gasteiger partial charge in [-0.3, -0.25) is 0 Å². The largest absolute Gasteiger partial charge is 0.463 e. The van der Waals surface area contributed by atoms with Crippen LogP contribution in [0, 0.1) is 0 Å². The Morgan fingerprint density at radius 2 is 2.00 bits per heavy atom. The summed E-state index contributed by atoms with van der Waals surface area (Å²) in [4.78, 5) is 11.3. The van der Waals surface area contributed by atoms with Crippen molar-refractivity contribution < 1.29 is 19.0 Å². The molecule has 0 aliphatic carbocycles. The predicted molar refractivity (Wildman–Crippen MR) is 73.7 cm³/mol. The van der Waals surface area contributed by atoms with E-state index in [9.17, 15) is 4.79 Å². The maximum Gasteiger partial charge on any atom is 0.330 e. The molecule has 0 spiro atoms. The summed E-state index contributed by atoms with van der Waals surface area (Å²) in [5.74, 6) is -0.913. The van der Waals surface area contributed by atoms with E-state index in [1.54, 1.807) is 13.0 Å². The van der Waals surface area contributed by atoms with E-state index in [0.29, 0.717) is 6.61 Å². The number of carbonyl (C=O) groups excluding carboxylic acids is 1. The van der Waals surface area contributed by atoms with Gasteiger partial charge in [-0.25, -0.2) is 4.79 Å². The van der Waals surface area contributed by atoms with Gasteiger partial charge in [0.25, 0.3) is 0 Å². The van der Waals surface area contributed by atoms with Crippen molar-refractivity contribution in [3.05, 3.63) is 12.2 Å². The predicted octanol–water partition coefficient (Wildman–Crippen LogP) is 3.21. The van der Waals surface area contributed by atoms with Crippen molar-refractivity contribution in [1.82, 2.24) is 0 Å². The van der Waals surface area contributed by atoms with Crippen molar-refractivity contribution in [2.24, 2.45) is 0 Å². The molecule has 2 atom stereocenters. The minimum atomic E-state index is -0.583. The second-order valence-corrected chi connectivity index (χ2v) is 5.25. The summed E-state index contributed by atoms with van der Waals surface area (Å²) in [6.45, 7) is 8.15. The van der Waals surface area contributed by atoms with Gasteiger partial charge >= 0.3 is 5.97 Å². The highest BCUT2D eigenvalue weighted by Gasteiger charge is 2.39. The first-order valence-corrected chi connectivity index (χ1v) is 7.19. The van der Waals surface area contributed by atoms with Gasteiger partial charge in [0.15, 0.2) is 5.79 Å². The normalized spacial score (nSPS) is 25.9. The van der Waals surface area contributed by atoms with Crippen molar-refractivity contribution in [3.63, 3.8) is 0 Å². The number of esters is 1. The van der Waals surface area contributed by atoms with Gasteiger partial charge in [-0.2, -0.15) is 0 Å². The summed E-state index contributed by atoms with van der Waals surface area (Å²) in [5, 5.41) is 0. The van der Waals surface area contributed by atoms with Gasteiger partial charge in [0.1, 0.15) is 6.10 Å². The lowest BCUT2D eigenvalue weighted by Gasteiger charge is -2.16. The van der Waals surface area contributed by atoms with Crippen molar-refractivity contribution in [2.45, 2.75) is 71.4 Å². The number of rotatable bonds is 7. The van der Waals surface area contributed by atoms with E-state index in [-0.39, 0.29) is 18.2 Å². The van der Waals surface area contributed by atoms with Gasteiger partial charge in [-0.05, 0) is 33.3 Å². The first-order chi connectivity index (χ1) is 8.98. The second kappa shape index (κ2) is 7.65. The third kappa shape index (κ3) is 5.74. The smallest absolute Gasteiger partial charge is 0.330 e. The average Bonchev–Trinajstić information content (AvgIpc) is 2.62. The molecular weight excluding hydrogens is 244 g/mol. The Morgan fingerprint density at radius 3 is 2.63 bits per heavy atom. The van der Waals surface area contributed by atoms with Crippen LogP contribution in [0.4, 0.5) is 0 Å². The van der Waals surface area contributed by atoms with Crippen LogP contribution >= 0.6 is 0 Å². The third-order valence-electron chi connectivity index (χ3n) is 3.02. The summed E-state index contributed by atoms with van der Waals surface area (Å²) in [6.07, 6.45) is 7.48. The molecule has 19 heavy (non-hydrogen) atoms. The first-order valence-electron chi connectivity index (χ1n) is 7.19. The minimum absolute atomic E-state index is 0.0206. The highest BCUT2D eigenvalue weighted by molar-refractivity contribution is 5.81. The Kier molecular flexibility index (Phi) is 6.52. The highest BCUT2D eigenvalue weighted by atomic mass is 16.7. The molecular formula is C15H26O4. The van der Waals surface area contributed by atoms with Crippen LogP contribution in [0.5, 0.6) is 0 Å². The van der Waals surface area contributed by atoms with Crippen molar-refractivity contribution in [2.75, 3.05) is 6.61 Å². The van der Waals surface area contributed by atoms with E-state index in [4.69, 9.17) is 14.2 Å². The molecule has 4 nitrogen and oxygen atoms in total. The van der Waals surface area contributed by atoms with Gasteiger partial charge in [0.05, 0.1) is 12.7 Å². The van der Waals surface area contributed by atoms with E-state index in [0.717, 1.165) is 12.8 Å². The Balaban J connectivity index is 2.54. The maximum atomic E-state index is 11.3. The van der Waals surface area contributed by atoms with Gasteiger partial charge in [-0.1, -0.05) is 26.2 Å². The zero-order valence-electron chi connectivity index (χ0n) is 12.5. The summed E-state index contributed by atoms with van der Waals surface area (Å²) in [7, 11) is 0. The molecule has 1 fully saturated rings. The van der Waals surface area contributed by atoms with Gasteiger partial charge in [0, 0.05) is 6.08 Å². The summed E-state index contributed by atoms with van der Waals surface area (Å²) < 4.78 is 16.5. The standard InChI is InChI=1S/C15H26O4/c1-5-7-8-9-12-13(19-15(3,4)18-12)10-11-14(16)17-6-2/h10-13H,5-9H2,1-4H3/b11-10+/t12-,13-/m1/s1. The molecule has 0 aromatic rings. The first kappa shape index (κ1) is 16.2. The van der Waals surface area contributed by atoms with Crippen LogP contribution < -0.4 is 0 Å². The molecule has 1 aliphatic heterocycles. The van der Waals surface area contributed by atoms with Crippen LogP contribution in [0.25, 0.3) is 0 Å². The molecule has 1 saturated heterocycles. The van der Waals surface area contributed by atoms with Gasteiger partial charge in [0.2, 0.25) is 0 Å². The lowest BCUT2D eigenvalue weighted by Crippen LogP contribution is -2.21. The molecule has 0 aromatic heterocycles. The van der Waals surface area contributed by atoms with E-state index in [1.807, 2.05) is 13.8 Å². The molecule has 0 saturated carbocycles. The zero-order chi connectivity index (χ0) is 14.3. The molecule has 0 N–H and O–H groups in total. The van der Waals surface area contributed by atoms with E-state index < -0.39 is 5.79 Å². The van der Waals surface area contributed by atoms with Crippen molar-refractivity contribution in [1.29, 1.82) is 0 Å². The van der Waals surface area contributed by atoms with Crippen LogP contribution in [-0.4, -0.2) is 30.6 Å². The molecule has 0 aromatic carbocycles. The summed E-state index contributed by atoms with van der Waals surface area (Å²) in [5.41, 5.74) is 0. The molecule has 1 heterocycles. The van der Waals surface area contributed by atoms with Crippen LogP contribution in [0.3, 0.4) is 0 Å². The maximum absolute atomic E-state index is 11.3. The number of unbranched alkanes of at least 4 members (excludes halogenated alkanes) is 2. The molecule has 0 unspecified atom stereocenters. The lowest BCUT2D eigenvalue weighted by atomic mass is 10.1. The second-order valence-electron chi connectivity index (χ2n) is 5.25. The number of carbonyl (C=O) groups is 1. The summed E-state index contributed by atoms with van der Waals surface area (Å²) in [6, 6.07) is 0. The number of hydrogen-bond donors (Lipinski definition) is 0. The molecule has 0 bridgehead atoms. The van der Waals surface area contributed by atoms with Crippen molar-refractivity contribution >= 4 is 5.97 Å². The topological polar surface area (TPSA) is 44.8 Å². The molecule has 0 amide bonds. The van der Waals surface area contributed by atoms with E-state index in [1.165, 1.54) is 18.9 Å². The Morgan fingerprint density at radius 1 is 1.26 bits per heavy atom. The van der Waals surface area contributed by atoms with Crippen LogP contribution in [0.2, 0.25) is 0 Å². The third-order valence-corrected chi connectivity index (χ3v) is 3.02. The Bertz CT molecular complexity index is 309. The fraction of sp³-hybridized carbons (Fsp3) is 0.800. The molecule has 1 rings (SSSR count). The monoisotopic (exact) mass is 270 g/mol.